The Balaban J connectivity index is 2.23. The van der Waals surface area contributed by atoms with Crippen LogP contribution in [0, 0.1) is 5.41 Å². The number of hydrogen-bond donors (Lipinski definition) is 2. The second-order valence-corrected chi connectivity index (χ2v) is 13.9. The number of aliphatic carboxylic acids is 1. The summed E-state index contributed by atoms with van der Waals surface area (Å²) >= 11 is 1.55. The Kier molecular flexibility index (Phi) is 9.92. The summed E-state index contributed by atoms with van der Waals surface area (Å²) in [6.07, 6.45) is 5.82. The third kappa shape index (κ3) is 6.54. The van der Waals surface area contributed by atoms with Gasteiger partial charge in [0.15, 0.2) is 9.04 Å². The van der Waals surface area contributed by atoms with Crippen molar-refractivity contribution >= 4 is 32.7 Å². The predicted octanol–water partition coefficient (Wildman–Crippen LogP) is 5.97. The van der Waals surface area contributed by atoms with E-state index < -0.39 is 32.6 Å². The van der Waals surface area contributed by atoms with Crippen LogP contribution < -0.4 is 5.32 Å². The van der Waals surface area contributed by atoms with E-state index in [0.717, 1.165) is 22.3 Å². The van der Waals surface area contributed by atoms with Gasteiger partial charge in [-0.3, -0.25) is 9.78 Å². The van der Waals surface area contributed by atoms with Gasteiger partial charge in [0.2, 0.25) is 0 Å². The molecule has 0 spiro atoms. The molecule has 2 atom stereocenters. The Hall–Kier alpha value is -2.94. The van der Waals surface area contributed by atoms with E-state index in [2.05, 4.69) is 44.2 Å². The molecule has 3 rings (SSSR count). The quantitative estimate of drug-likeness (QED) is 0.286. The molecule has 1 heterocycles. The normalized spacial score (nSPS) is 14.1. The summed E-state index contributed by atoms with van der Waals surface area (Å²) in [7, 11) is -1.57. The molecule has 1 aromatic heterocycles. The minimum Gasteiger partial charge on any atom is -0.480 e. The van der Waals surface area contributed by atoms with Gasteiger partial charge in [-0.15, -0.1) is 0 Å². The van der Waals surface area contributed by atoms with Crippen LogP contribution in [-0.4, -0.2) is 49.1 Å². The molecule has 0 aliphatic rings. The summed E-state index contributed by atoms with van der Waals surface area (Å²) in [4.78, 5) is 29.6. The highest BCUT2D eigenvalue weighted by Gasteiger charge is 2.47. The maximum atomic E-state index is 13.5. The number of nitrogens with zero attached hydrogens (tertiary/aromatic N) is 1. The third-order valence-electron chi connectivity index (χ3n) is 6.53. The second-order valence-electron chi connectivity index (χ2n) is 10.6. The van der Waals surface area contributed by atoms with Crippen LogP contribution in [0.25, 0.3) is 11.1 Å². The first-order valence-electron chi connectivity index (χ1n) is 12.8. The molecule has 1 amide bonds. The highest BCUT2D eigenvalue weighted by molar-refractivity contribution is 7.98. The molecule has 8 heteroatoms. The van der Waals surface area contributed by atoms with Crippen LogP contribution in [0.4, 0.5) is 0 Å². The standard InChI is InChI=1S/C30H38N2O4SSi/c1-29(2,3)30(36-38(5)6,22-14-17-31-18-15-22)23-12-13-24(25(20-23)21-10-8-7-9-11-21)27(33)32-26(28(34)35)16-19-37-4/h7-15,17-18,20,26,38H,16,19H2,1-6H3,(H,32,33)(H,34,35). The van der Waals surface area contributed by atoms with Crippen LogP contribution in [0.15, 0.2) is 73.1 Å². The molecule has 0 bridgehead atoms. The fourth-order valence-electron chi connectivity index (χ4n) is 4.83. The van der Waals surface area contributed by atoms with Crippen molar-refractivity contribution in [1.82, 2.24) is 10.3 Å². The molecule has 2 N–H and O–H groups in total. The van der Waals surface area contributed by atoms with E-state index in [1.807, 2.05) is 60.9 Å². The van der Waals surface area contributed by atoms with E-state index in [1.165, 1.54) is 0 Å². The monoisotopic (exact) mass is 550 g/mol. The summed E-state index contributed by atoms with van der Waals surface area (Å²) in [6.45, 7) is 10.8. The third-order valence-corrected chi connectivity index (χ3v) is 7.99. The predicted molar refractivity (Wildman–Crippen MR) is 158 cm³/mol. The van der Waals surface area contributed by atoms with Crippen molar-refractivity contribution in [2.45, 2.75) is 51.9 Å². The van der Waals surface area contributed by atoms with Crippen molar-refractivity contribution in [3.63, 3.8) is 0 Å². The van der Waals surface area contributed by atoms with E-state index in [-0.39, 0.29) is 5.41 Å². The number of aromatic nitrogens is 1. The highest BCUT2D eigenvalue weighted by Crippen LogP contribution is 2.49. The summed E-state index contributed by atoms with van der Waals surface area (Å²) in [5.74, 6) is -0.809. The van der Waals surface area contributed by atoms with Gasteiger partial charge in [0, 0.05) is 18.0 Å². The van der Waals surface area contributed by atoms with Crippen molar-refractivity contribution in [1.29, 1.82) is 0 Å². The fraction of sp³-hybridized carbons (Fsp3) is 0.367. The van der Waals surface area contributed by atoms with Crippen LogP contribution in [0.1, 0.15) is 48.7 Å². The lowest BCUT2D eigenvalue weighted by Crippen LogP contribution is -2.46. The first-order chi connectivity index (χ1) is 18.0. The van der Waals surface area contributed by atoms with E-state index >= 15 is 0 Å². The lowest BCUT2D eigenvalue weighted by Gasteiger charge is -2.47. The van der Waals surface area contributed by atoms with E-state index in [1.54, 1.807) is 30.2 Å². The van der Waals surface area contributed by atoms with Crippen LogP contribution >= 0.6 is 11.8 Å². The number of carboxylic acid groups (broad SMARTS) is 1. The number of carbonyl (C=O) groups excluding carboxylic acids is 1. The zero-order valence-electron chi connectivity index (χ0n) is 23.0. The molecule has 0 radical (unpaired) electrons. The SMILES string of the molecule is CSCCC(NC(=O)c1ccc(C(O[SiH](C)C)(c2ccncc2)C(C)(C)C)cc1-c1ccccc1)C(=O)O. The van der Waals surface area contributed by atoms with E-state index in [9.17, 15) is 14.7 Å². The number of hydrogen-bond acceptors (Lipinski definition) is 5. The lowest BCUT2D eigenvalue weighted by atomic mass is 9.68. The van der Waals surface area contributed by atoms with Gasteiger partial charge in [0.1, 0.15) is 11.6 Å². The van der Waals surface area contributed by atoms with Crippen LogP contribution in [-0.2, 0) is 14.8 Å². The Labute approximate surface area is 232 Å². The van der Waals surface area contributed by atoms with E-state index in [4.69, 9.17) is 4.43 Å². The number of carboxylic acids is 1. The minimum absolute atomic E-state index is 0.338. The molecule has 0 saturated heterocycles. The lowest BCUT2D eigenvalue weighted by molar-refractivity contribution is -0.139. The summed E-state index contributed by atoms with van der Waals surface area (Å²) < 4.78 is 6.94. The van der Waals surface area contributed by atoms with Crippen molar-refractivity contribution in [2.75, 3.05) is 12.0 Å². The molecular weight excluding hydrogens is 512 g/mol. The Morgan fingerprint density at radius 3 is 2.24 bits per heavy atom. The van der Waals surface area contributed by atoms with Gasteiger partial charge < -0.3 is 14.8 Å². The minimum atomic E-state index is -1.57. The number of thioether (sulfide) groups is 1. The van der Waals surface area contributed by atoms with Crippen molar-refractivity contribution < 1.29 is 19.1 Å². The van der Waals surface area contributed by atoms with Gasteiger partial charge in [0.25, 0.3) is 5.91 Å². The van der Waals surface area contributed by atoms with Crippen molar-refractivity contribution in [3.05, 3.63) is 89.7 Å². The smallest absolute Gasteiger partial charge is 0.326 e. The van der Waals surface area contributed by atoms with Crippen LogP contribution in [0.2, 0.25) is 13.1 Å². The molecule has 2 aromatic carbocycles. The topological polar surface area (TPSA) is 88.5 Å². The second kappa shape index (κ2) is 12.7. The van der Waals surface area contributed by atoms with Crippen LogP contribution in [0.3, 0.4) is 0 Å². The summed E-state index contributed by atoms with van der Waals surface area (Å²) in [5.41, 5.74) is 2.84. The average molecular weight is 551 g/mol. The first kappa shape index (κ1) is 29.6. The van der Waals surface area contributed by atoms with Gasteiger partial charge in [0.05, 0.1) is 0 Å². The Morgan fingerprint density at radius 2 is 1.68 bits per heavy atom. The van der Waals surface area contributed by atoms with Crippen molar-refractivity contribution in [2.24, 2.45) is 5.41 Å². The fourth-order valence-corrected chi connectivity index (χ4v) is 6.64. The van der Waals surface area contributed by atoms with Gasteiger partial charge in [-0.05, 0) is 83.5 Å². The molecule has 0 aliphatic carbocycles. The first-order valence-corrected chi connectivity index (χ1v) is 17.0. The molecule has 38 heavy (non-hydrogen) atoms. The molecule has 6 nitrogen and oxygen atoms in total. The number of benzene rings is 2. The van der Waals surface area contributed by atoms with Gasteiger partial charge in [-0.2, -0.15) is 11.8 Å². The maximum absolute atomic E-state index is 13.5. The van der Waals surface area contributed by atoms with Crippen molar-refractivity contribution in [3.8, 4) is 11.1 Å². The Bertz CT molecular complexity index is 1230. The van der Waals surface area contributed by atoms with Gasteiger partial charge >= 0.3 is 5.97 Å². The molecule has 3 aromatic rings. The Morgan fingerprint density at radius 1 is 1.03 bits per heavy atom. The molecule has 202 valence electrons. The van der Waals surface area contributed by atoms with E-state index in [0.29, 0.717) is 17.7 Å². The molecule has 0 saturated carbocycles. The van der Waals surface area contributed by atoms with Gasteiger partial charge in [-0.1, -0.05) is 57.2 Å². The largest absolute Gasteiger partial charge is 0.480 e. The number of pyridine rings is 1. The average Bonchev–Trinajstić information content (AvgIpc) is 2.89. The molecule has 2 unspecified atom stereocenters. The molecule has 0 fully saturated rings. The summed E-state index contributed by atoms with van der Waals surface area (Å²) in [6, 6.07) is 18.5. The molecule has 0 aliphatic heterocycles. The molecular formula is C30H38N2O4SSi. The number of rotatable bonds is 11. The highest BCUT2D eigenvalue weighted by atomic mass is 32.2. The zero-order valence-corrected chi connectivity index (χ0v) is 25.0. The number of nitrogens with one attached hydrogen (secondary N) is 1. The van der Waals surface area contributed by atoms with Crippen LogP contribution in [0.5, 0.6) is 0 Å². The zero-order chi connectivity index (χ0) is 27.9. The number of carbonyl (C=O) groups is 2. The summed E-state index contributed by atoms with van der Waals surface area (Å²) in [5, 5.41) is 12.4. The number of amides is 1. The maximum Gasteiger partial charge on any atom is 0.326 e. The van der Waals surface area contributed by atoms with Gasteiger partial charge in [-0.25, -0.2) is 4.79 Å².